The average Bonchev–Trinajstić information content (AvgIpc) is 2.86. The number of fused-ring (bicyclic) bond motifs is 2. The summed E-state index contributed by atoms with van der Waals surface area (Å²) in [5.74, 6) is 0.563. The van der Waals surface area contributed by atoms with Crippen molar-refractivity contribution in [3.05, 3.63) is 23.4 Å². The van der Waals surface area contributed by atoms with Gasteiger partial charge < -0.3 is 19.1 Å². The van der Waals surface area contributed by atoms with Crippen LogP contribution in [-0.2, 0) is 18.3 Å². The molecule has 0 saturated carbocycles. The third-order valence-corrected chi connectivity index (χ3v) is 3.45. The maximum atomic E-state index is 10.9. The molecule has 0 fully saturated rings. The van der Waals surface area contributed by atoms with Crippen molar-refractivity contribution >= 4 is 16.9 Å². The van der Waals surface area contributed by atoms with Gasteiger partial charge in [0.15, 0.2) is 11.5 Å². The second-order valence-electron chi connectivity index (χ2n) is 4.42. The van der Waals surface area contributed by atoms with Crippen molar-refractivity contribution in [2.45, 2.75) is 13.3 Å². The Kier molecular flexibility index (Phi) is 2.23. The van der Waals surface area contributed by atoms with E-state index in [9.17, 15) is 4.79 Å². The molecule has 0 saturated heterocycles. The molecule has 0 aliphatic carbocycles. The second kappa shape index (κ2) is 3.66. The number of carboxylic acid groups (broad SMARTS) is 1. The Morgan fingerprint density at radius 1 is 1.39 bits per heavy atom. The van der Waals surface area contributed by atoms with Gasteiger partial charge in [0.1, 0.15) is 0 Å². The quantitative estimate of drug-likeness (QED) is 0.879. The first kappa shape index (κ1) is 11.0. The molecule has 1 aromatic heterocycles. The van der Waals surface area contributed by atoms with E-state index in [1.165, 1.54) is 0 Å². The number of carbonyl (C=O) groups is 1. The molecular weight excluding hydrogens is 234 g/mol. The number of benzene rings is 1. The van der Waals surface area contributed by atoms with Gasteiger partial charge in [-0.3, -0.25) is 4.79 Å². The van der Waals surface area contributed by atoms with Gasteiger partial charge >= 0.3 is 5.97 Å². The molecule has 0 atom stereocenters. The van der Waals surface area contributed by atoms with Crippen LogP contribution in [0.1, 0.15) is 11.3 Å². The molecular formula is C13H13NO4. The largest absolute Gasteiger partial charge is 0.481 e. The molecule has 1 aliphatic heterocycles. The first-order chi connectivity index (χ1) is 8.58. The monoisotopic (exact) mass is 247 g/mol. The number of nitrogens with zero attached hydrogens (tertiary/aromatic N) is 1. The van der Waals surface area contributed by atoms with Gasteiger partial charge in [0.2, 0.25) is 6.79 Å². The number of hydrogen-bond donors (Lipinski definition) is 1. The molecule has 0 radical (unpaired) electrons. The smallest absolute Gasteiger partial charge is 0.307 e. The molecule has 2 aromatic rings. The normalized spacial score (nSPS) is 13.2. The fraction of sp³-hybridized carbons (Fsp3) is 0.308. The number of aromatic nitrogens is 1. The predicted octanol–water partition coefficient (Wildman–Crippen LogP) is 1.84. The number of aryl methyl sites for hydroxylation is 1. The number of ether oxygens (including phenoxy) is 2. The van der Waals surface area contributed by atoms with Crippen molar-refractivity contribution in [1.82, 2.24) is 4.57 Å². The molecule has 2 heterocycles. The average molecular weight is 247 g/mol. The Labute approximate surface area is 104 Å². The molecule has 0 unspecified atom stereocenters. The van der Waals surface area contributed by atoms with Gasteiger partial charge in [0.25, 0.3) is 0 Å². The Balaban J connectivity index is 2.29. The molecule has 94 valence electrons. The van der Waals surface area contributed by atoms with Crippen LogP contribution < -0.4 is 9.47 Å². The fourth-order valence-electron chi connectivity index (χ4n) is 2.40. The third kappa shape index (κ3) is 1.44. The summed E-state index contributed by atoms with van der Waals surface area (Å²) < 4.78 is 12.7. The Bertz CT molecular complexity index is 657. The van der Waals surface area contributed by atoms with Crippen molar-refractivity contribution < 1.29 is 19.4 Å². The summed E-state index contributed by atoms with van der Waals surface area (Å²) in [4.78, 5) is 10.9. The highest BCUT2D eigenvalue weighted by Crippen LogP contribution is 2.38. The molecule has 5 heteroatoms. The Hall–Kier alpha value is -2.17. The minimum Gasteiger partial charge on any atom is -0.481 e. The molecule has 1 aliphatic rings. The lowest BCUT2D eigenvalue weighted by Crippen LogP contribution is -2.02. The molecule has 1 aromatic carbocycles. The predicted molar refractivity (Wildman–Crippen MR) is 65.1 cm³/mol. The summed E-state index contributed by atoms with van der Waals surface area (Å²) >= 11 is 0. The summed E-state index contributed by atoms with van der Waals surface area (Å²) in [6.07, 6.45) is 0.0167. The molecule has 1 N–H and O–H groups in total. The first-order valence-corrected chi connectivity index (χ1v) is 5.67. The maximum absolute atomic E-state index is 10.9. The zero-order chi connectivity index (χ0) is 12.9. The summed E-state index contributed by atoms with van der Waals surface area (Å²) in [6.45, 7) is 2.14. The summed E-state index contributed by atoms with van der Waals surface area (Å²) in [5.41, 5.74) is 2.75. The van der Waals surface area contributed by atoms with Crippen LogP contribution in [-0.4, -0.2) is 22.4 Å². The van der Waals surface area contributed by atoms with E-state index in [-0.39, 0.29) is 13.2 Å². The highest BCUT2D eigenvalue weighted by atomic mass is 16.7. The van der Waals surface area contributed by atoms with Gasteiger partial charge in [-0.1, -0.05) is 0 Å². The van der Waals surface area contributed by atoms with Gasteiger partial charge in [0.05, 0.1) is 11.9 Å². The molecule has 0 spiro atoms. The van der Waals surface area contributed by atoms with E-state index in [2.05, 4.69) is 0 Å². The van der Waals surface area contributed by atoms with Crippen molar-refractivity contribution in [2.24, 2.45) is 7.05 Å². The third-order valence-electron chi connectivity index (χ3n) is 3.45. The lowest BCUT2D eigenvalue weighted by Gasteiger charge is -2.00. The van der Waals surface area contributed by atoms with Crippen molar-refractivity contribution in [3.8, 4) is 11.5 Å². The van der Waals surface area contributed by atoms with Crippen molar-refractivity contribution in [1.29, 1.82) is 0 Å². The fourth-order valence-corrected chi connectivity index (χ4v) is 2.40. The number of hydrogen-bond acceptors (Lipinski definition) is 3. The lowest BCUT2D eigenvalue weighted by molar-refractivity contribution is -0.136. The van der Waals surface area contributed by atoms with Crippen LogP contribution >= 0.6 is 0 Å². The van der Waals surface area contributed by atoms with Crippen molar-refractivity contribution in [2.75, 3.05) is 6.79 Å². The minimum atomic E-state index is -0.830. The van der Waals surface area contributed by atoms with Gasteiger partial charge in [-0.25, -0.2) is 0 Å². The van der Waals surface area contributed by atoms with Crippen LogP contribution in [0.4, 0.5) is 0 Å². The SMILES string of the molecule is Cc1c(CC(=O)O)c2cc3c(cc2n1C)OCO3. The van der Waals surface area contributed by atoms with Gasteiger partial charge in [-0.2, -0.15) is 0 Å². The maximum Gasteiger partial charge on any atom is 0.307 e. The number of rotatable bonds is 2. The van der Waals surface area contributed by atoms with Gasteiger partial charge in [-0.05, 0) is 18.6 Å². The Morgan fingerprint density at radius 2 is 2.06 bits per heavy atom. The van der Waals surface area contributed by atoms with Crippen LogP contribution in [0.2, 0.25) is 0 Å². The van der Waals surface area contributed by atoms with Crippen LogP contribution in [0, 0.1) is 6.92 Å². The van der Waals surface area contributed by atoms with Crippen LogP contribution in [0.3, 0.4) is 0 Å². The van der Waals surface area contributed by atoms with E-state index in [0.717, 1.165) is 22.2 Å². The lowest BCUT2D eigenvalue weighted by atomic mass is 10.1. The zero-order valence-corrected chi connectivity index (χ0v) is 10.2. The van der Waals surface area contributed by atoms with E-state index in [0.29, 0.717) is 11.5 Å². The van der Waals surface area contributed by atoms with Crippen LogP contribution in [0.5, 0.6) is 11.5 Å². The van der Waals surface area contributed by atoms with Gasteiger partial charge in [0, 0.05) is 24.2 Å². The summed E-state index contributed by atoms with van der Waals surface area (Å²) in [6, 6.07) is 3.76. The minimum absolute atomic E-state index is 0.0167. The zero-order valence-electron chi connectivity index (χ0n) is 10.2. The standard InChI is InChI=1S/C13H13NO4/c1-7-8(4-13(15)16)9-3-11-12(18-6-17-11)5-10(9)14(7)2/h3,5H,4,6H2,1-2H3,(H,15,16). The van der Waals surface area contributed by atoms with Gasteiger partial charge in [-0.15, -0.1) is 0 Å². The van der Waals surface area contributed by atoms with E-state index >= 15 is 0 Å². The summed E-state index contributed by atoms with van der Waals surface area (Å²) in [7, 11) is 1.92. The topological polar surface area (TPSA) is 60.7 Å². The number of aliphatic carboxylic acids is 1. The molecule has 0 amide bonds. The molecule has 0 bridgehead atoms. The van der Waals surface area contributed by atoms with E-state index in [1.807, 2.05) is 30.7 Å². The van der Waals surface area contributed by atoms with Crippen LogP contribution in [0.25, 0.3) is 10.9 Å². The first-order valence-electron chi connectivity index (χ1n) is 5.67. The van der Waals surface area contributed by atoms with Crippen LogP contribution in [0.15, 0.2) is 12.1 Å². The van der Waals surface area contributed by atoms with E-state index < -0.39 is 5.97 Å². The summed E-state index contributed by atoms with van der Waals surface area (Å²) in [5, 5.41) is 9.91. The molecule has 5 nitrogen and oxygen atoms in total. The second-order valence-corrected chi connectivity index (χ2v) is 4.42. The number of carboxylic acids is 1. The highest BCUT2D eigenvalue weighted by Gasteiger charge is 2.20. The van der Waals surface area contributed by atoms with E-state index in [4.69, 9.17) is 14.6 Å². The highest BCUT2D eigenvalue weighted by molar-refractivity contribution is 5.91. The molecule has 18 heavy (non-hydrogen) atoms. The molecule has 3 rings (SSSR count). The Morgan fingerprint density at radius 3 is 2.72 bits per heavy atom. The van der Waals surface area contributed by atoms with E-state index in [1.54, 1.807) is 0 Å². The van der Waals surface area contributed by atoms with Crippen molar-refractivity contribution in [3.63, 3.8) is 0 Å².